The molecule has 3 aromatic rings. The minimum absolute atomic E-state index is 0.0160. The lowest BCUT2D eigenvalue weighted by Gasteiger charge is -2.11. The minimum atomic E-state index is -5.08. The van der Waals surface area contributed by atoms with Crippen LogP contribution < -0.4 is 10.1 Å². The van der Waals surface area contributed by atoms with Gasteiger partial charge < -0.3 is 20.1 Å². The van der Waals surface area contributed by atoms with Crippen LogP contribution >= 0.6 is 0 Å². The number of rotatable bonds is 3. The highest BCUT2D eigenvalue weighted by atomic mass is 19.4. The number of aromatic amines is 1. The predicted molar refractivity (Wildman–Crippen MR) is 106 cm³/mol. The molecule has 0 saturated carbocycles. The van der Waals surface area contributed by atoms with Gasteiger partial charge in [0.25, 0.3) is 5.91 Å². The number of nitrogens with zero attached hydrogens (tertiary/aromatic N) is 1. The average molecular weight is 433 g/mol. The maximum Gasteiger partial charge on any atom is 0.490 e. The molecule has 0 unspecified atom stereocenters. The van der Waals surface area contributed by atoms with Gasteiger partial charge in [-0.2, -0.15) is 13.2 Å². The maximum atomic E-state index is 11.9. The molecule has 0 spiro atoms. The van der Waals surface area contributed by atoms with Crippen molar-refractivity contribution in [2.75, 3.05) is 13.7 Å². The number of benzene rings is 1. The Morgan fingerprint density at radius 1 is 1.16 bits per heavy atom. The summed E-state index contributed by atoms with van der Waals surface area (Å²) in [6.07, 6.45) is -2.48. The van der Waals surface area contributed by atoms with E-state index in [0.717, 1.165) is 45.9 Å². The summed E-state index contributed by atoms with van der Waals surface area (Å²) in [6, 6.07) is 13.7. The first-order chi connectivity index (χ1) is 14.7. The van der Waals surface area contributed by atoms with Crippen LogP contribution in [0.25, 0.3) is 22.5 Å². The van der Waals surface area contributed by atoms with Crippen molar-refractivity contribution >= 4 is 11.9 Å². The van der Waals surface area contributed by atoms with E-state index in [1.165, 1.54) is 0 Å². The number of para-hydroxylation sites is 1. The molecule has 4 rings (SSSR count). The number of hydrogen-bond donors (Lipinski definition) is 3. The molecule has 1 aromatic carbocycles. The number of methoxy groups -OCH3 is 1. The Bertz CT molecular complexity index is 1110. The number of fused-ring (bicyclic) bond motifs is 1. The molecule has 31 heavy (non-hydrogen) atoms. The molecule has 0 aliphatic carbocycles. The van der Waals surface area contributed by atoms with Crippen molar-refractivity contribution in [3.05, 3.63) is 59.9 Å². The number of hydrogen-bond acceptors (Lipinski definition) is 4. The van der Waals surface area contributed by atoms with E-state index in [1.54, 1.807) is 13.3 Å². The fourth-order valence-corrected chi connectivity index (χ4v) is 3.05. The number of amides is 1. The summed E-state index contributed by atoms with van der Waals surface area (Å²) >= 11 is 0. The summed E-state index contributed by atoms with van der Waals surface area (Å²) in [7, 11) is 1.65. The minimum Gasteiger partial charge on any atom is -0.496 e. The Hall–Kier alpha value is -3.82. The van der Waals surface area contributed by atoms with Gasteiger partial charge in [-0.05, 0) is 30.3 Å². The number of carbonyl (C=O) groups is 2. The number of nitrogens with one attached hydrogen (secondary N) is 2. The summed E-state index contributed by atoms with van der Waals surface area (Å²) in [5.74, 6) is -1.99. The van der Waals surface area contributed by atoms with E-state index in [4.69, 9.17) is 14.6 Å². The molecule has 1 aliphatic heterocycles. The molecule has 162 valence electrons. The van der Waals surface area contributed by atoms with Crippen molar-refractivity contribution in [1.29, 1.82) is 0 Å². The molecule has 1 aliphatic rings. The number of H-pyrrole nitrogens is 1. The second-order valence-corrected chi connectivity index (χ2v) is 6.51. The lowest BCUT2D eigenvalue weighted by atomic mass is 10.1. The third-order valence-electron chi connectivity index (χ3n) is 4.50. The van der Waals surface area contributed by atoms with Crippen molar-refractivity contribution < 1.29 is 32.6 Å². The van der Waals surface area contributed by atoms with Gasteiger partial charge in [0.2, 0.25) is 0 Å². The third-order valence-corrected chi connectivity index (χ3v) is 4.50. The zero-order chi connectivity index (χ0) is 22.6. The highest BCUT2D eigenvalue weighted by molar-refractivity contribution is 5.97. The number of aromatic nitrogens is 2. The number of alkyl halides is 3. The molecule has 0 fully saturated rings. The fourth-order valence-electron chi connectivity index (χ4n) is 3.05. The van der Waals surface area contributed by atoms with E-state index < -0.39 is 12.1 Å². The summed E-state index contributed by atoms with van der Waals surface area (Å²) in [5.41, 5.74) is 5.41. The topological polar surface area (TPSA) is 104 Å². The highest BCUT2D eigenvalue weighted by Gasteiger charge is 2.38. The number of carbonyl (C=O) groups excluding carboxylic acids is 1. The Morgan fingerprint density at radius 2 is 1.87 bits per heavy atom. The molecule has 0 atom stereocenters. The maximum absolute atomic E-state index is 11.9. The quantitative estimate of drug-likeness (QED) is 0.585. The van der Waals surface area contributed by atoms with Crippen molar-refractivity contribution in [1.82, 2.24) is 15.3 Å². The molecular formula is C21H18F3N3O4. The van der Waals surface area contributed by atoms with E-state index in [-0.39, 0.29) is 5.91 Å². The smallest absolute Gasteiger partial charge is 0.490 e. The second kappa shape index (κ2) is 8.90. The normalized spacial score (nSPS) is 12.8. The number of aliphatic carboxylic acids is 1. The van der Waals surface area contributed by atoms with Gasteiger partial charge in [-0.15, -0.1) is 0 Å². The summed E-state index contributed by atoms with van der Waals surface area (Å²) in [6.45, 7) is 0.675. The van der Waals surface area contributed by atoms with Crippen LogP contribution in [0, 0.1) is 0 Å². The van der Waals surface area contributed by atoms with Gasteiger partial charge in [-0.25, -0.2) is 4.79 Å². The molecule has 3 N–H and O–H groups in total. The monoisotopic (exact) mass is 433 g/mol. The van der Waals surface area contributed by atoms with Gasteiger partial charge >= 0.3 is 12.1 Å². The van der Waals surface area contributed by atoms with Crippen LogP contribution in [0.2, 0.25) is 0 Å². The Labute approximate surface area is 174 Å². The van der Waals surface area contributed by atoms with Gasteiger partial charge in [0.1, 0.15) is 5.75 Å². The lowest BCUT2D eigenvalue weighted by molar-refractivity contribution is -0.192. The zero-order valence-corrected chi connectivity index (χ0v) is 16.3. The van der Waals surface area contributed by atoms with Crippen LogP contribution in [0.1, 0.15) is 16.1 Å². The Balaban J connectivity index is 0.000000339. The third kappa shape index (κ3) is 5.03. The van der Waals surface area contributed by atoms with Crippen molar-refractivity contribution in [2.24, 2.45) is 0 Å². The summed E-state index contributed by atoms with van der Waals surface area (Å²) < 4.78 is 37.2. The van der Waals surface area contributed by atoms with Gasteiger partial charge in [-0.3, -0.25) is 9.78 Å². The predicted octanol–water partition coefficient (Wildman–Crippen LogP) is 3.67. The number of halogens is 3. The van der Waals surface area contributed by atoms with Crippen LogP contribution in [0.4, 0.5) is 13.2 Å². The zero-order valence-electron chi connectivity index (χ0n) is 16.3. The van der Waals surface area contributed by atoms with Crippen LogP contribution in [-0.2, 0) is 11.2 Å². The molecule has 0 saturated heterocycles. The van der Waals surface area contributed by atoms with Crippen LogP contribution in [0.5, 0.6) is 5.75 Å². The average Bonchev–Trinajstić information content (AvgIpc) is 3.19. The van der Waals surface area contributed by atoms with E-state index in [1.807, 2.05) is 42.5 Å². The fraction of sp³-hybridized carbons (Fsp3) is 0.190. The molecule has 1 amide bonds. The number of carboxylic acid groups (broad SMARTS) is 1. The molecule has 2 aromatic heterocycles. The van der Waals surface area contributed by atoms with Gasteiger partial charge in [-0.1, -0.05) is 12.1 Å². The van der Waals surface area contributed by atoms with E-state index >= 15 is 0 Å². The molecule has 7 nitrogen and oxygen atoms in total. The van der Waals surface area contributed by atoms with Gasteiger partial charge in [0.15, 0.2) is 0 Å². The first-order valence-corrected chi connectivity index (χ1v) is 9.10. The van der Waals surface area contributed by atoms with Crippen LogP contribution in [0.15, 0.2) is 48.7 Å². The number of ether oxygens (including phenoxy) is 1. The largest absolute Gasteiger partial charge is 0.496 e. The first kappa shape index (κ1) is 21.9. The Kier molecular flexibility index (Phi) is 6.28. The standard InChI is InChI=1S/C19H17N3O2.C2HF3O2/c1-24-18-5-3-2-4-13(18)17-10-12(6-8-20-17)16-11-14-15(22-16)7-9-21-19(14)23;3-2(4,5)1(6)7/h2-6,8,10-11,22H,7,9H2,1H3,(H,21,23);(H,6,7). The summed E-state index contributed by atoms with van der Waals surface area (Å²) in [5, 5.41) is 9.99. The first-order valence-electron chi connectivity index (χ1n) is 9.10. The number of carboxylic acids is 1. The molecule has 3 heterocycles. The highest BCUT2D eigenvalue weighted by Crippen LogP contribution is 2.31. The summed E-state index contributed by atoms with van der Waals surface area (Å²) in [4.78, 5) is 28.7. The van der Waals surface area contributed by atoms with E-state index in [2.05, 4.69) is 15.3 Å². The SMILES string of the molecule is COc1ccccc1-c1cc(-c2cc3c([nH]2)CCNC3=O)ccn1.O=C(O)C(F)(F)F. The van der Waals surface area contributed by atoms with Crippen molar-refractivity contribution in [2.45, 2.75) is 12.6 Å². The van der Waals surface area contributed by atoms with E-state index in [9.17, 15) is 18.0 Å². The molecule has 0 bridgehead atoms. The Morgan fingerprint density at radius 3 is 2.52 bits per heavy atom. The van der Waals surface area contributed by atoms with Gasteiger partial charge in [0, 0.05) is 41.7 Å². The molecule has 10 heteroatoms. The van der Waals surface area contributed by atoms with Gasteiger partial charge in [0.05, 0.1) is 18.4 Å². The molecule has 0 radical (unpaired) electrons. The van der Waals surface area contributed by atoms with Crippen LogP contribution in [0.3, 0.4) is 0 Å². The second-order valence-electron chi connectivity index (χ2n) is 6.51. The van der Waals surface area contributed by atoms with Crippen molar-refractivity contribution in [3.8, 4) is 28.3 Å². The van der Waals surface area contributed by atoms with E-state index in [0.29, 0.717) is 6.54 Å². The van der Waals surface area contributed by atoms with Crippen molar-refractivity contribution in [3.63, 3.8) is 0 Å². The molecular weight excluding hydrogens is 415 g/mol. The lowest BCUT2D eigenvalue weighted by Crippen LogP contribution is -2.31. The van der Waals surface area contributed by atoms with Crippen LogP contribution in [-0.4, -0.2) is 46.8 Å². The number of pyridine rings is 1.